The molecule has 0 saturated carbocycles. The van der Waals surface area contributed by atoms with Gasteiger partial charge in [0.05, 0.1) is 9.49 Å². The van der Waals surface area contributed by atoms with E-state index in [0.717, 1.165) is 0 Å². The van der Waals surface area contributed by atoms with Gasteiger partial charge in [0.25, 0.3) is 11.8 Å². The van der Waals surface area contributed by atoms with Gasteiger partial charge >= 0.3 is 11.9 Å². The smallest absolute Gasteiger partial charge is 0.359 e. The Morgan fingerprint density at radius 2 is 1.24 bits per heavy atom. The number of hydrogen-bond acceptors (Lipinski definition) is 12. The lowest BCUT2D eigenvalue weighted by molar-refractivity contribution is 0.0676. The van der Waals surface area contributed by atoms with Crippen molar-refractivity contribution in [3.8, 4) is 45.6 Å². The number of rotatable bonds is 11. The van der Waals surface area contributed by atoms with Crippen molar-refractivity contribution in [2.45, 2.75) is 63.9 Å². The molecule has 16 nitrogen and oxygen atoms in total. The first kappa shape index (κ1) is 37.1. The van der Waals surface area contributed by atoms with E-state index in [1.165, 1.54) is 45.9 Å². The van der Waals surface area contributed by atoms with Crippen LogP contribution in [0.2, 0.25) is 0 Å². The number of aryl methyl sites for hydroxylation is 2. The van der Waals surface area contributed by atoms with Gasteiger partial charge in [-0.15, -0.1) is 0 Å². The predicted octanol–water partition coefficient (Wildman–Crippen LogP) is 4.01. The Morgan fingerprint density at radius 3 is 1.74 bits per heavy atom. The summed E-state index contributed by atoms with van der Waals surface area (Å²) in [6, 6.07) is 9.17. The summed E-state index contributed by atoms with van der Waals surface area (Å²) in [6.45, 7) is 9.21. The van der Waals surface area contributed by atoms with Crippen LogP contribution in [0.5, 0.6) is 23.3 Å². The van der Waals surface area contributed by atoms with Crippen LogP contribution in [0.4, 0.5) is 0 Å². The summed E-state index contributed by atoms with van der Waals surface area (Å²) < 4.78 is 61.5. The van der Waals surface area contributed by atoms with Gasteiger partial charge in [-0.1, -0.05) is 20.6 Å². The standard InChI is InChI=1S/C32H32N6O10S2/c1-19-15-22(18-23(16-19)47-27-25(29(39)40)33-37-35-27)10-14-50(45,46)32(5,6)12-11-31(3,4)49(43,44)13-9-21-7-8-24(20(2)17-21)48-28-26(30(41)42)34-38-36-28/h7-8,15-18H,11-12H2,1-6H3,(H,39,40)(H,41,42)(H,33,35,37)(H,34,36,38). The van der Waals surface area contributed by atoms with Crippen LogP contribution in [-0.4, -0.2) is 79.3 Å². The number of carboxylic acid groups (broad SMARTS) is 2. The third kappa shape index (κ3) is 8.46. The summed E-state index contributed by atoms with van der Waals surface area (Å²) in [5.74, 6) is 2.53. The summed E-state index contributed by atoms with van der Waals surface area (Å²) in [6.07, 6.45) is -0.116. The van der Waals surface area contributed by atoms with Crippen LogP contribution < -0.4 is 9.47 Å². The predicted molar refractivity (Wildman–Crippen MR) is 178 cm³/mol. The van der Waals surface area contributed by atoms with E-state index in [1.807, 2.05) is 0 Å². The lowest BCUT2D eigenvalue weighted by Crippen LogP contribution is -2.37. The zero-order chi connectivity index (χ0) is 37.1. The maximum atomic E-state index is 13.3. The third-order valence-corrected chi connectivity index (χ3v) is 11.6. The van der Waals surface area contributed by atoms with E-state index >= 15 is 0 Å². The first-order valence-corrected chi connectivity index (χ1v) is 17.6. The van der Waals surface area contributed by atoms with Crippen LogP contribution in [0.1, 0.15) is 83.8 Å². The van der Waals surface area contributed by atoms with Crippen molar-refractivity contribution in [2.75, 3.05) is 0 Å². The van der Waals surface area contributed by atoms with E-state index < -0.39 is 41.1 Å². The first-order valence-electron chi connectivity index (χ1n) is 14.6. The van der Waals surface area contributed by atoms with Crippen LogP contribution >= 0.6 is 0 Å². The second kappa shape index (κ2) is 14.0. The van der Waals surface area contributed by atoms with E-state index in [1.54, 1.807) is 32.0 Å². The normalized spacial score (nSPS) is 11.9. The van der Waals surface area contributed by atoms with Crippen molar-refractivity contribution >= 4 is 31.6 Å². The Kier molecular flexibility index (Phi) is 10.4. The summed E-state index contributed by atoms with van der Waals surface area (Å²) in [4.78, 5) is 22.6. The van der Waals surface area contributed by atoms with E-state index in [-0.39, 0.29) is 53.1 Å². The fraction of sp³-hybridized carbons (Fsp3) is 0.312. The highest BCUT2D eigenvalue weighted by atomic mass is 32.2. The fourth-order valence-corrected chi connectivity index (χ4v) is 5.99. The van der Waals surface area contributed by atoms with E-state index in [2.05, 4.69) is 53.2 Å². The Balaban J connectivity index is 1.45. The Labute approximate surface area is 287 Å². The first-order chi connectivity index (χ1) is 23.2. The molecule has 0 aliphatic heterocycles. The van der Waals surface area contributed by atoms with Gasteiger partial charge in [0.15, 0.2) is 0 Å². The number of carbonyl (C=O) groups is 2. The zero-order valence-corrected chi connectivity index (χ0v) is 29.3. The maximum absolute atomic E-state index is 13.3. The lowest BCUT2D eigenvalue weighted by atomic mass is 9.99. The summed E-state index contributed by atoms with van der Waals surface area (Å²) in [7, 11) is -8.18. The van der Waals surface area contributed by atoms with Crippen LogP contribution in [0.25, 0.3) is 0 Å². The minimum absolute atomic E-state index is 0.0562. The number of aromatic nitrogens is 6. The number of benzene rings is 2. The monoisotopic (exact) mass is 724 g/mol. The quantitative estimate of drug-likeness (QED) is 0.160. The number of H-pyrrole nitrogens is 2. The molecule has 4 aromatic rings. The number of carboxylic acids is 2. The van der Waals surface area contributed by atoms with Gasteiger partial charge in [0.1, 0.15) is 11.5 Å². The highest BCUT2D eigenvalue weighted by Crippen LogP contribution is 2.32. The Morgan fingerprint density at radius 1 is 0.740 bits per heavy atom. The van der Waals surface area contributed by atoms with Crippen molar-refractivity contribution in [1.29, 1.82) is 0 Å². The minimum atomic E-state index is -4.10. The van der Waals surface area contributed by atoms with Crippen LogP contribution in [0.3, 0.4) is 0 Å². The van der Waals surface area contributed by atoms with Crippen LogP contribution in [-0.2, 0) is 19.7 Å². The molecule has 0 bridgehead atoms. The van der Waals surface area contributed by atoms with Gasteiger partial charge in [0, 0.05) is 21.6 Å². The van der Waals surface area contributed by atoms with Gasteiger partial charge in [-0.3, -0.25) is 0 Å². The highest BCUT2D eigenvalue weighted by Gasteiger charge is 2.39. The molecule has 4 N–H and O–H groups in total. The second-order valence-corrected chi connectivity index (χ2v) is 16.9. The largest absolute Gasteiger partial charge is 0.476 e. The fourth-order valence-electron chi connectivity index (χ4n) is 4.19. The number of nitrogens with one attached hydrogen (secondary N) is 2. The average Bonchev–Trinajstić information content (AvgIpc) is 3.69. The highest BCUT2D eigenvalue weighted by molar-refractivity contribution is 7.97. The number of aromatic amines is 2. The van der Waals surface area contributed by atoms with E-state index in [0.29, 0.717) is 16.7 Å². The molecule has 262 valence electrons. The molecule has 0 saturated heterocycles. The molecule has 0 atom stereocenters. The number of hydrogen-bond donors (Lipinski definition) is 4. The van der Waals surface area contributed by atoms with E-state index in [4.69, 9.17) is 9.47 Å². The molecular weight excluding hydrogens is 693 g/mol. The topological polar surface area (TPSA) is 244 Å². The molecule has 2 heterocycles. The molecule has 0 unspecified atom stereocenters. The molecule has 2 aromatic carbocycles. The third-order valence-electron chi connectivity index (χ3n) is 7.55. The molecule has 0 fully saturated rings. The average molecular weight is 725 g/mol. The molecule has 4 rings (SSSR count). The van der Waals surface area contributed by atoms with Crippen LogP contribution in [0, 0.1) is 36.2 Å². The maximum Gasteiger partial charge on any atom is 0.359 e. The number of nitrogens with zero attached hydrogens (tertiary/aromatic N) is 4. The molecule has 50 heavy (non-hydrogen) atoms. The number of sulfone groups is 2. The van der Waals surface area contributed by atoms with Crippen molar-refractivity contribution in [1.82, 2.24) is 30.8 Å². The number of ether oxygens (including phenoxy) is 2. The lowest BCUT2D eigenvalue weighted by Gasteiger charge is -2.27. The zero-order valence-electron chi connectivity index (χ0n) is 27.6. The van der Waals surface area contributed by atoms with Gasteiger partial charge < -0.3 is 19.7 Å². The summed E-state index contributed by atoms with van der Waals surface area (Å²) in [5.41, 5.74) is 1.10. The minimum Gasteiger partial charge on any atom is -0.476 e. The van der Waals surface area contributed by atoms with Gasteiger partial charge in [0.2, 0.25) is 31.1 Å². The molecule has 0 radical (unpaired) electrons. The Bertz CT molecular complexity index is 2320. The molecule has 2 aromatic heterocycles. The van der Waals surface area contributed by atoms with Gasteiger partial charge in [-0.2, -0.15) is 0 Å². The second-order valence-electron chi connectivity index (χ2n) is 12.3. The SMILES string of the molecule is Cc1cc(C#CS(=O)(=O)C(C)(C)CCC(C)(C)S(=O)(=O)C#Cc2ccc(Oc3nn[nH]c3C(=O)O)c(C)c2)cc(Oc2nn[nH]c2C(=O)O)c1. The number of aromatic carboxylic acids is 2. The molecular formula is C32H32N6O10S2. The van der Waals surface area contributed by atoms with Crippen molar-refractivity contribution < 1.29 is 46.1 Å². The molecule has 0 aliphatic rings. The molecule has 0 aliphatic carbocycles. The molecule has 0 amide bonds. The molecule has 0 spiro atoms. The molecule has 18 heteroatoms. The van der Waals surface area contributed by atoms with Crippen molar-refractivity contribution in [3.05, 3.63) is 70.0 Å². The van der Waals surface area contributed by atoms with E-state index in [9.17, 15) is 36.6 Å². The van der Waals surface area contributed by atoms with Crippen LogP contribution in [0.15, 0.2) is 36.4 Å². The summed E-state index contributed by atoms with van der Waals surface area (Å²) >= 11 is 0. The van der Waals surface area contributed by atoms with Gasteiger partial charge in [-0.25, -0.2) is 36.6 Å². The van der Waals surface area contributed by atoms with Crippen molar-refractivity contribution in [3.63, 3.8) is 0 Å². The Hall–Kier alpha value is -5.72. The summed E-state index contributed by atoms with van der Waals surface area (Å²) in [5, 5.41) is 41.6. The van der Waals surface area contributed by atoms with Gasteiger partial charge in [-0.05, 0) is 114 Å². The van der Waals surface area contributed by atoms with Crippen molar-refractivity contribution in [2.24, 2.45) is 0 Å².